The molecule has 60 valence electrons. The monoisotopic (exact) mass is 154 g/mol. The van der Waals surface area contributed by atoms with Crippen molar-refractivity contribution in [3.05, 3.63) is 0 Å². The number of hydrogen-bond donors (Lipinski definition) is 0. The van der Waals surface area contributed by atoms with Crippen LogP contribution in [0, 0.1) is 0 Å². The van der Waals surface area contributed by atoms with Crippen LogP contribution in [0.15, 0.2) is 10.2 Å². The molecule has 2 unspecified atom stereocenters. The maximum atomic E-state index is 5.58. The number of ether oxygens (including phenoxy) is 2. The molecule has 0 radical (unpaired) electrons. The Balaban J connectivity index is 1.99. The molecule has 1 aliphatic carbocycles. The van der Waals surface area contributed by atoms with Gasteiger partial charge in [0.05, 0.1) is 13.2 Å². The van der Waals surface area contributed by atoms with Crippen molar-refractivity contribution in [3.8, 4) is 0 Å². The van der Waals surface area contributed by atoms with Crippen molar-refractivity contribution in [2.24, 2.45) is 10.2 Å². The molecule has 1 saturated heterocycles. The second-order valence-corrected chi connectivity index (χ2v) is 3.26. The molecule has 0 aromatic carbocycles. The molecule has 2 atom stereocenters. The van der Waals surface area contributed by atoms with E-state index in [2.05, 4.69) is 10.2 Å². The Kier molecular flexibility index (Phi) is 1.00. The van der Waals surface area contributed by atoms with Gasteiger partial charge in [-0.2, -0.15) is 10.2 Å². The molecule has 0 N–H and O–H groups in total. The van der Waals surface area contributed by atoms with Crippen LogP contribution in [0.5, 0.6) is 0 Å². The predicted octanol–water partition coefficient (Wildman–Crippen LogP) is 0.726. The molecule has 0 aromatic heterocycles. The first-order chi connectivity index (χ1) is 5.42. The second-order valence-electron chi connectivity index (χ2n) is 3.26. The molecule has 2 aliphatic heterocycles. The van der Waals surface area contributed by atoms with Crippen LogP contribution in [0.2, 0.25) is 0 Å². The molecule has 3 aliphatic rings. The number of hydrogen-bond acceptors (Lipinski definition) is 4. The largest absolute Gasteiger partial charge is 0.344 e. The topological polar surface area (TPSA) is 43.2 Å². The predicted molar refractivity (Wildman–Crippen MR) is 36.3 cm³/mol. The Hall–Kier alpha value is -0.480. The van der Waals surface area contributed by atoms with E-state index in [1.165, 1.54) is 0 Å². The molecule has 1 saturated carbocycles. The zero-order valence-corrected chi connectivity index (χ0v) is 6.19. The summed E-state index contributed by atoms with van der Waals surface area (Å²) in [7, 11) is 0. The van der Waals surface area contributed by atoms with E-state index in [0.29, 0.717) is 13.2 Å². The van der Waals surface area contributed by atoms with Gasteiger partial charge in [0.1, 0.15) is 12.1 Å². The van der Waals surface area contributed by atoms with Gasteiger partial charge in [0.15, 0.2) is 0 Å². The Morgan fingerprint density at radius 1 is 1.00 bits per heavy atom. The van der Waals surface area contributed by atoms with Gasteiger partial charge in [-0.05, 0) is 12.8 Å². The van der Waals surface area contributed by atoms with Crippen molar-refractivity contribution < 1.29 is 9.47 Å². The summed E-state index contributed by atoms with van der Waals surface area (Å²) < 4.78 is 11.2. The van der Waals surface area contributed by atoms with Gasteiger partial charge in [0.2, 0.25) is 5.79 Å². The highest BCUT2D eigenvalue weighted by Gasteiger charge is 2.59. The molecule has 0 aromatic rings. The van der Waals surface area contributed by atoms with Crippen LogP contribution in [0.25, 0.3) is 0 Å². The van der Waals surface area contributed by atoms with Crippen LogP contribution in [-0.2, 0) is 9.47 Å². The lowest BCUT2D eigenvalue weighted by Gasteiger charge is -2.23. The molecule has 4 heteroatoms. The minimum atomic E-state index is -0.417. The van der Waals surface area contributed by atoms with Crippen molar-refractivity contribution in [2.75, 3.05) is 13.2 Å². The summed E-state index contributed by atoms with van der Waals surface area (Å²) in [6.45, 7) is 1.41. The van der Waals surface area contributed by atoms with E-state index in [1.54, 1.807) is 0 Å². The number of azo groups is 1. The highest BCUT2D eigenvalue weighted by atomic mass is 16.7. The van der Waals surface area contributed by atoms with Crippen LogP contribution in [0.3, 0.4) is 0 Å². The maximum Gasteiger partial charge on any atom is 0.217 e. The minimum Gasteiger partial charge on any atom is -0.344 e. The first-order valence-corrected chi connectivity index (χ1v) is 4.10. The van der Waals surface area contributed by atoms with Crippen molar-refractivity contribution >= 4 is 0 Å². The van der Waals surface area contributed by atoms with Crippen molar-refractivity contribution in [3.63, 3.8) is 0 Å². The summed E-state index contributed by atoms with van der Waals surface area (Å²) in [6.07, 6.45) is 2.16. The Morgan fingerprint density at radius 3 is 2.00 bits per heavy atom. The van der Waals surface area contributed by atoms with Crippen LogP contribution in [0.4, 0.5) is 0 Å². The fourth-order valence-corrected chi connectivity index (χ4v) is 2.21. The van der Waals surface area contributed by atoms with Gasteiger partial charge in [-0.3, -0.25) is 0 Å². The van der Waals surface area contributed by atoms with Crippen LogP contribution in [-0.4, -0.2) is 31.1 Å². The molecule has 1 spiro atoms. The SMILES string of the molecule is C1COC2(O1)C1CCC2N=N1. The normalized spacial score (nSPS) is 44.4. The molecule has 11 heavy (non-hydrogen) atoms. The van der Waals surface area contributed by atoms with E-state index in [-0.39, 0.29) is 12.1 Å². The number of nitrogens with zero attached hydrogens (tertiary/aromatic N) is 2. The van der Waals surface area contributed by atoms with Gasteiger partial charge in [0.25, 0.3) is 0 Å². The van der Waals surface area contributed by atoms with Crippen molar-refractivity contribution in [2.45, 2.75) is 30.7 Å². The molecule has 2 bridgehead atoms. The van der Waals surface area contributed by atoms with E-state index in [9.17, 15) is 0 Å². The van der Waals surface area contributed by atoms with E-state index in [0.717, 1.165) is 12.8 Å². The van der Waals surface area contributed by atoms with E-state index in [4.69, 9.17) is 9.47 Å². The van der Waals surface area contributed by atoms with Gasteiger partial charge in [-0.15, -0.1) is 0 Å². The summed E-state index contributed by atoms with van der Waals surface area (Å²) in [6, 6.07) is 0.380. The van der Waals surface area contributed by atoms with Gasteiger partial charge in [-0.1, -0.05) is 0 Å². The fraction of sp³-hybridized carbons (Fsp3) is 1.00. The lowest BCUT2D eigenvalue weighted by Crippen LogP contribution is -2.41. The molecule has 2 fully saturated rings. The fourth-order valence-electron chi connectivity index (χ4n) is 2.21. The Morgan fingerprint density at radius 2 is 1.55 bits per heavy atom. The lowest BCUT2D eigenvalue weighted by molar-refractivity contribution is -0.157. The second kappa shape index (κ2) is 1.81. The van der Waals surface area contributed by atoms with E-state index < -0.39 is 5.79 Å². The van der Waals surface area contributed by atoms with Gasteiger partial charge in [0, 0.05) is 0 Å². The smallest absolute Gasteiger partial charge is 0.217 e. The van der Waals surface area contributed by atoms with Crippen molar-refractivity contribution in [1.82, 2.24) is 0 Å². The average Bonchev–Trinajstić information content (AvgIpc) is 2.72. The minimum absolute atomic E-state index is 0.190. The summed E-state index contributed by atoms with van der Waals surface area (Å²) in [5.74, 6) is -0.417. The quantitative estimate of drug-likeness (QED) is 0.516. The first kappa shape index (κ1) is 6.08. The third-order valence-electron chi connectivity index (χ3n) is 2.73. The lowest BCUT2D eigenvalue weighted by atomic mass is 10.1. The molecular formula is C7H10N2O2. The molecule has 4 nitrogen and oxygen atoms in total. The summed E-state index contributed by atoms with van der Waals surface area (Å²) in [4.78, 5) is 0. The van der Waals surface area contributed by atoms with Crippen LogP contribution < -0.4 is 0 Å². The van der Waals surface area contributed by atoms with Crippen LogP contribution >= 0.6 is 0 Å². The highest BCUT2D eigenvalue weighted by Crippen LogP contribution is 2.45. The number of rotatable bonds is 0. The summed E-state index contributed by atoms with van der Waals surface area (Å²) in [5.41, 5.74) is 0. The Labute approximate surface area is 64.6 Å². The molecule has 3 rings (SSSR count). The first-order valence-electron chi connectivity index (χ1n) is 4.10. The van der Waals surface area contributed by atoms with Crippen molar-refractivity contribution in [1.29, 1.82) is 0 Å². The maximum absolute atomic E-state index is 5.58. The summed E-state index contributed by atoms with van der Waals surface area (Å²) in [5, 5.41) is 8.23. The zero-order chi connectivity index (χ0) is 7.31. The zero-order valence-electron chi connectivity index (χ0n) is 6.19. The molecule has 0 amide bonds. The Bertz CT molecular complexity index is 194. The highest BCUT2D eigenvalue weighted by molar-refractivity contribution is 5.07. The van der Waals surface area contributed by atoms with E-state index >= 15 is 0 Å². The van der Waals surface area contributed by atoms with Gasteiger partial charge >= 0.3 is 0 Å². The van der Waals surface area contributed by atoms with E-state index in [1.807, 2.05) is 0 Å². The summed E-state index contributed by atoms with van der Waals surface area (Å²) >= 11 is 0. The average molecular weight is 154 g/mol. The van der Waals surface area contributed by atoms with Gasteiger partial charge in [-0.25, -0.2) is 0 Å². The third kappa shape index (κ3) is 0.578. The molecule has 2 heterocycles. The van der Waals surface area contributed by atoms with Crippen LogP contribution in [0.1, 0.15) is 12.8 Å². The third-order valence-corrected chi connectivity index (χ3v) is 2.73. The molecular weight excluding hydrogens is 144 g/mol. The standard InChI is InChI=1S/C7H10N2O2/c1-2-6-7(5(1)8-9-6)10-3-4-11-7/h5-6H,1-4H2. The van der Waals surface area contributed by atoms with Gasteiger partial charge < -0.3 is 9.47 Å².